The van der Waals surface area contributed by atoms with Gasteiger partial charge in [0.05, 0.1) is 91.4 Å². The summed E-state index contributed by atoms with van der Waals surface area (Å²) in [5.41, 5.74) is 14.2. The van der Waals surface area contributed by atoms with E-state index in [1.165, 1.54) is 6.07 Å². The number of nitrogens with zero attached hydrogens (tertiary/aromatic N) is 9. The van der Waals surface area contributed by atoms with E-state index in [2.05, 4.69) is 69.8 Å². The van der Waals surface area contributed by atoms with Gasteiger partial charge in [-0.25, -0.2) is 14.0 Å². The van der Waals surface area contributed by atoms with Gasteiger partial charge in [0.15, 0.2) is 18.3 Å². The number of phenols is 1. The van der Waals surface area contributed by atoms with Crippen molar-refractivity contribution in [2.45, 2.75) is 82.5 Å². The maximum atomic E-state index is 12.8. The second-order valence-electron chi connectivity index (χ2n) is 24.8. The summed E-state index contributed by atoms with van der Waals surface area (Å²) in [6.07, 6.45) is 28.4. The van der Waals surface area contributed by atoms with Gasteiger partial charge in [0.1, 0.15) is 58.1 Å². The van der Waals surface area contributed by atoms with Crippen LogP contribution in [0.25, 0.3) is 17.1 Å². The Kier molecular flexibility index (Phi) is 39.1. The highest BCUT2D eigenvalue weighted by molar-refractivity contribution is 6.09. The molecule has 0 radical (unpaired) electrons. The van der Waals surface area contributed by atoms with Crippen molar-refractivity contribution in [3.8, 4) is 63.9 Å². The Morgan fingerprint density at radius 1 is 0.412 bits per heavy atom. The summed E-state index contributed by atoms with van der Waals surface area (Å²) in [6.45, 7) is 21.4. The van der Waals surface area contributed by atoms with Gasteiger partial charge in [0, 0.05) is 16.7 Å². The number of aromatic nitrogens is 9. The Labute approximate surface area is 667 Å². The summed E-state index contributed by atoms with van der Waals surface area (Å²) in [6, 6.07) is 72.0. The maximum absolute atomic E-state index is 12.8. The number of terminal acetylenes is 1. The van der Waals surface area contributed by atoms with Crippen molar-refractivity contribution < 1.29 is 53.4 Å². The van der Waals surface area contributed by atoms with Crippen LogP contribution in [-0.4, -0.2) is 112 Å². The van der Waals surface area contributed by atoms with Gasteiger partial charge < -0.3 is 44.7 Å². The first kappa shape index (κ1) is 87.6. The topological polar surface area (TPSA) is 276 Å². The molecule has 3 unspecified atom stereocenters. The van der Waals surface area contributed by atoms with Gasteiger partial charge in [-0.2, -0.15) is 0 Å². The van der Waals surface area contributed by atoms with Gasteiger partial charge in [0.2, 0.25) is 5.78 Å². The summed E-state index contributed by atoms with van der Waals surface area (Å²) in [5, 5.41) is 53.9. The standard InChI is InChI=1S/C20H22N4O.C20H21N3O2.C20H19N3O2.C14H16O2.C12H14O2.C7H6O2/c1-2-3-9-14-25-19-13-8-7-12-17(19)20(21)18-15-24(23-22-18)16-10-5-4-6-11-16;2*1-2-3-9-14-25-19-13-8-7-12-17(19)20(24)18-15-23(22-21-18)16-10-5-4-6-11-16;1-3-5-8-11-16-14-10-7-6-9-12(14)13(15)4-2;1-2-3-6-9-14-12-8-5-4-7-11(12)10-13;8-5-6-3-1-2-4-7(6)9/h2,4-8,10-13,15,20H,1,3,9,14,21H2;2,4-8,10-13,15,20,24H,1,3,9,14H2;2,4-8,10-13,15H,1,3,9,14H2;2-3,6-7,9-10,13,15H,1,5,8,11H2;2,4-5,7-8,10H,1,3,6,9H2;1-5,9H. The third-order valence-electron chi connectivity index (χ3n) is 16.5. The minimum atomic E-state index is -0.907. The van der Waals surface area contributed by atoms with Crippen LogP contribution < -0.4 is 29.4 Å². The van der Waals surface area contributed by atoms with Crippen molar-refractivity contribution in [3.63, 3.8) is 0 Å². The summed E-state index contributed by atoms with van der Waals surface area (Å²) in [5.74, 6) is 5.43. The van der Waals surface area contributed by atoms with Gasteiger partial charge in [-0.05, 0) is 155 Å². The molecular formula is C93H98N10O11. The maximum Gasteiger partial charge on any atom is 0.218 e. The molecule has 3 atom stereocenters. The van der Waals surface area contributed by atoms with Crippen LogP contribution in [-0.2, 0) is 0 Å². The Balaban J connectivity index is 0.000000195. The van der Waals surface area contributed by atoms with Crippen LogP contribution in [0.2, 0.25) is 0 Å². The van der Waals surface area contributed by atoms with Crippen LogP contribution in [0.4, 0.5) is 0 Å². The number of aromatic hydroxyl groups is 1. The molecule has 12 rings (SSSR count). The van der Waals surface area contributed by atoms with E-state index in [1.807, 2.05) is 219 Å². The van der Waals surface area contributed by atoms with Crippen LogP contribution in [0, 0.1) is 12.3 Å². The van der Waals surface area contributed by atoms with E-state index in [9.17, 15) is 24.6 Å². The number of carbonyl (C=O) groups is 3. The van der Waals surface area contributed by atoms with Crippen LogP contribution in [0.5, 0.6) is 34.5 Å². The van der Waals surface area contributed by atoms with Crippen LogP contribution in [0.15, 0.2) is 318 Å². The summed E-state index contributed by atoms with van der Waals surface area (Å²) in [7, 11) is 0. The molecule has 21 heteroatoms. The molecule has 0 fully saturated rings. The van der Waals surface area contributed by atoms with Crippen molar-refractivity contribution in [2.24, 2.45) is 5.73 Å². The molecule has 21 nitrogen and oxygen atoms in total. The predicted octanol–water partition coefficient (Wildman–Crippen LogP) is 17.9. The predicted molar refractivity (Wildman–Crippen MR) is 447 cm³/mol. The molecular weight excluding hydrogens is 1430 g/mol. The van der Waals surface area contributed by atoms with Crippen molar-refractivity contribution in [3.05, 3.63) is 369 Å². The number of hydrogen-bond acceptors (Lipinski definition) is 18. The van der Waals surface area contributed by atoms with Gasteiger partial charge in [-0.1, -0.05) is 198 Å². The van der Waals surface area contributed by atoms with E-state index in [-0.39, 0.29) is 17.2 Å². The first-order chi connectivity index (χ1) is 55.9. The van der Waals surface area contributed by atoms with E-state index in [0.717, 1.165) is 98.9 Å². The number of aldehydes is 2. The fraction of sp³-hybridized carbons (Fsp3) is 0.194. The minimum absolute atomic E-state index is 0.0347. The summed E-state index contributed by atoms with van der Waals surface area (Å²) in [4.78, 5) is 33.5. The first-order valence-corrected chi connectivity index (χ1v) is 37.3. The van der Waals surface area contributed by atoms with Gasteiger partial charge in [0.25, 0.3) is 0 Å². The number of unbranched alkanes of at least 4 members (excludes halogenated alkanes) is 5. The molecule has 5 N–H and O–H groups in total. The number of benzene rings is 9. The summed E-state index contributed by atoms with van der Waals surface area (Å²) < 4.78 is 33.4. The lowest BCUT2D eigenvalue weighted by atomic mass is 10.0. The van der Waals surface area contributed by atoms with Crippen LogP contribution in [0.1, 0.15) is 147 Å². The van der Waals surface area contributed by atoms with Crippen molar-refractivity contribution in [1.82, 2.24) is 45.0 Å². The number of para-hydroxylation sites is 9. The number of rotatable bonds is 37. The van der Waals surface area contributed by atoms with Gasteiger partial charge in [-0.3, -0.25) is 14.4 Å². The quantitative estimate of drug-likeness (QED) is 0.00926. The molecule has 0 spiro atoms. The van der Waals surface area contributed by atoms with Crippen molar-refractivity contribution >= 4 is 18.4 Å². The Hall–Kier alpha value is -13.7. The molecule has 0 aliphatic rings. The lowest BCUT2D eigenvalue weighted by molar-refractivity contribution is 0.102. The highest BCUT2D eigenvalue weighted by atomic mass is 16.5. The fourth-order valence-corrected chi connectivity index (χ4v) is 10.5. The van der Waals surface area contributed by atoms with Crippen LogP contribution in [0.3, 0.4) is 0 Å². The smallest absolute Gasteiger partial charge is 0.218 e. The second-order valence-corrected chi connectivity index (χ2v) is 24.8. The van der Waals surface area contributed by atoms with Gasteiger partial charge in [-0.15, -0.1) is 54.6 Å². The molecule has 9 aromatic carbocycles. The SMILES string of the molecule is C#CC(O)c1ccccc1OCCCC=C.C=CCCCOc1ccccc1C(=O)c1cn(-c2ccccc2)nn1.C=CCCCOc1ccccc1C(N)c1cn(-c2ccccc2)nn1.C=CCCCOc1ccccc1C(O)c1cn(-c2ccccc2)nn1.C=CCCCOc1ccccc1C=O.O=Cc1ccccc1O. The number of carbonyl (C=O) groups excluding carboxylic acids is 3. The van der Waals surface area contributed by atoms with Crippen molar-refractivity contribution in [1.29, 1.82) is 0 Å². The number of ketones is 1. The average molecular weight is 1530 g/mol. The number of aliphatic hydroxyl groups is 2. The van der Waals surface area contributed by atoms with E-state index in [1.54, 1.807) is 75.0 Å². The second kappa shape index (κ2) is 50.9. The van der Waals surface area contributed by atoms with Crippen LogP contribution >= 0.6 is 0 Å². The minimum Gasteiger partial charge on any atom is -0.507 e. The zero-order chi connectivity index (χ0) is 81.2. The fourth-order valence-electron chi connectivity index (χ4n) is 10.5. The molecule has 0 saturated heterocycles. The van der Waals surface area contributed by atoms with E-state index < -0.39 is 18.2 Å². The van der Waals surface area contributed by atoms with Gasteiger partial charge >= 0.3 is 0 Å². The average Bonchev–Trinajstić information content (AvgIpc) is 1.65. The molecule has 0 amide bonds. The van der Waals surface area contributed by atoms with E-state index in [4.69, 9.17) is 40.9 Å². The Morgan fingerprint density at radius 2 is 0.754 bits per heavy atom. The zero-order valence-electron chi connectivity index (χ0n) is 64.0. The monoisotopic (exact) mass is 1530 g/mol. The molecule has 0 aliphatic heterocycles. The highest BCUT2D eigenvalue weighted by Gasteiger charge is 2.22. The lowest BCUT2D eigenvalue weighted by Crippen LogP contribution is -2.14. The molecule has 3 heterocycles. The number of nitrogens with two attached hydrogens (primary N) is 1. The Morgan fingerprint density at radius 3 is 1.21 bits per heavy atom. The largest absolute Gasteiger partial charge is 0.507 e. The number of phenolic OH excluding ortho intramolecular Hbond substituents is 1. The number of allylic oxidation sites excluding steroid dienone is 5. The molecule has 3 aromatic heterocycles. The molecule has 586 valence electrons. The Bertz CT molecular complexity index is 4760. The molecule has 0 aliphatic carbocycles. The number of aliphatic hydroxyl groups excluding tert-OH is 2. The normalized spacial score (nSPS) is 11.0. The molecule has 114 heavy (non-hydrogen) atoms. The zero-order valence-corrected chi connectivity index (χ0v) is 64.0. The number of ether oxygens (including phenoxy) is 5. The van der Waals surface area contributed by atoms with Crippen molar-refractivity contribution in [2.75, 3.05) is 33.0 Å². The molecule has 0 saturated carbocycles. The number of hydrogen-bond donors (Lipinski definition) is 4. The highest BCUT2D eigenvalue weighted by Crippen LogP contribution is 2.32. The van der Waals surface area contributed by atoms with E-state index >= 15 is 0 Å². The molecule has 0 bridgehead atoms. The first-order valence-electron chi connectivity index (χ1n) is 37.3. The lowest BCUT2D eigenvalue weighted by Gasteiger charge is -2.15. The molecule has 12 aromatic rings. The van der Waals surface area contributed by atoms with E-state index in [0.29, 0.717) is 102 Å². The third kappa shape index (κ3) is 29.0. The summed E-state index contributed by atoms with van der Waals surface area (Å²) >= 11 is 0. The third-order valence-corrected chi connectivity index (χ3v) is 16.5.